The lowest BCUT2D eigenvalue weighted by molar-refractivity contribution is 0.457. The van der Waals surface area contributed by atoms with Crippen molar-refractivity contribution >= 4 is 7.37 Å². The fourth-order valence-corrected chi connectivity index (χ4v) is 3.98. The maximum absolute atomic E-state index is 12.0. The predicted molar refractivity (Wildman–Crippen MR) is 66.7 cm³/mol. The summed E-state index contributed by atoms with van der Waals surface area (Å²) in [6.45, 7) is 4.14. The molecule has 1 rings (SSSR count). The first-order valence-corrected chi connectivity index (χ1v) is 7.76. The minimum Gasteiger partial charge on any atom is -0.344 e. The number of nitrogens with zero attached hydrogens (tertiary/aromatic N) is 1. The molecule has 90 valence electrons. The lowest BCUT2D eigenvalue weighted by Gasteiger charge is -2.16. The van der Waals surface area contributed by atoms with E-state index >= 15 is 0 Å². The van der Waals surface area contributed by atoms with Crippen molar-refractivity contribution < 1.29 is 9.46 Å². The van der Waals surface area contributed by atoms with Gasteiger partial charge in [-0.25, -0.2) is 0 Å². The van der Waals surface area contributed by atoms with Crippen molar-refractivity contribution in [2.45, 2.75) is 32.9 Å². The van der Waals surface area contributed by atoms with Crippen LogP contribution in [0, 0.1) is 5.92 Å². The van der Waals surface area contributed by atoms with Gasteiger partial charge in [-0.1, -0.05) is 26.7 Å². The van der Waals surface area contributed by atoms with Crippen molar-refractivity contribution in [2.24, 2.45) is 5.92 Å². The van der Waals surface area contributed by atoms with E-state index < -0.39 is 7.37 Å². The molecular weight excluding hydrogens is 221 g/mol. The van der Waals surface area contributed by atoms with Gasteiger partial charge in [-0.05, 0) is 23.6 Å². The maximum Gasteiger partial charge on any atom is 0.205 e. The Bertz CT molecular complexity index is 353. The average molecular weight is 241 g/mol. The van der Waals surface area contributed by atoms with E-state index in [1.165, 1.54) is 0 Å². The zero-order valence-electron chi connectivity index (χ0n) is 9.97. The molecule has 0 aliphatic rings. The summed E-state index contributed by atoms with van der Waals surface area (Å²) in [5.74, 6) is 0.322. The molecule has 3 nitrogen and oxygen atoms in total. The molecule has 0 spiro atoms. The van der Waals surface area contributed by atoms with Gasteiger partial charge in [0.2, 0.25) is 7.37 Å². The molecule has 0 saturated carbocycles. The van der Waals surface area contributed by atoms with Crippen LogP contribution in [0.4, 0.5) is 0 Å². The standard InChI is InChI=1S/C12H20NO2P/c1-3-4-11(2)9-16(14,15)10-12-5-7-13-8-6-12/h5-8,11H,3-4,9-10H2,1-2H3,(H,14,15). The van der Waals surface area contributed by atoms with E-state index in [4.69, 9.17) is 0 Å². The predicted octanol–water partition coefficient (Wildman–Crippen LogP) is 3.29. The van der Waals surface area contributed by atoms with E-state index in [0.717, 1.165) is 18.4 Å². The highest BCUT2D eigenvalue weighted by molar-refractivity contribution is 7.57. The van der Waals surface area contributed by atoms with Crippen LogP contribution >= 0.6 is 7.37 Å². The molecule has 0 aliphatic carbocycles. The minimum atomic E-state index is -3.03. The highest BCUT2D eigenvalue weighted by atomic mass is 31.2. The molecule has 0 saturated heterocycles. The summed E-state index contributed by atoms with van der Waals surface area (Å²) in [5, 5.41) is 0. The van der Waals surface area contributed by atoms with E-state index in [9.17, 15) is 9.46 Å². The third-order valence-corrected chi connectivity index (χ3v) is 4.61. The number of hydrogen-bond donors (Lipinski definition) is 1. The SMILES string of the molecule is CCCC(C)CP(=O)(O)Cc1ccncc1. The Morgan fingerprint density at radius 1 is 1.44 bits per heavy atom. The largest absolute Gasteiger partial charge is 0.344 e. The van der Waals surface area contributed by atoms with E-state index in [1.54, 1.807) is 24.5 Å². The fraction of sp³-hybridized carbons (Fsp3) is 0.583. The summed E-state index contributed by atoms with van der Waals surface area (Å²) < 4.78 is 12.0. The summed E-state index contributed by atoms with van der Waals surface area (Å²) in [7, 11) is -3.03. The zero-order chi connectivity index (χ0) is 12.0. The smallest absolute Gasteiger partial charge is 0.205 e. The maximum atomic E-state index is 12.0. The van der Waals surface area contributed by atoms with E-state index in [0.29, 0.717) is 12.1 Å². The van der Waals surface area contributed by atoms with Crippen LogP contribution in [0.25, 0.3) is 0 Å². The topological polar surface area (TPSA) is 50.2 Å². The van der Waals surface area contributed by atoms with Crippen LogP contribution in [-0.2, 0) is 10.7 Å². The Balaban J connectivity index is 2.55. The molecular formula is C12H20NO2P. The first kappa shape index (κ1) is 13.4. The van der Waals surface area contributed by atoms with Crippen LogP contribution in [0.1, 0.15) is 32.3 Å². The van der Waals surface area contributed by atoms with Crippen LogP contribution < -0.4 is 0 Å². The van der Waals surface area contributed by atoms with Crippen molar-refractivity contribution in [1.29, 1.82) is 0 Å². The molecule has 0 aromatic carbocycles. The van der Waals surface area contributed by atoms with Crippen molar-refractivity contribution in [1.82, 2.24) is 4.98 Å². The monoisotopic (exact) mass is 241 g/mol. The Hall–Kier alpha value is -0.660. The first-order valence-electron chi connectivity index (χ1n) is 5.73. The Labute approximate surface area is 97.4 Å². The number of pyridine rings is 1. The van der Waals surface area contributed by atoms with E-state index in [1.807, 2.05) is 6.92 Å². The lowest BCUT2D eigenvalue weighted by Crippen LogP contribution is -2.03. The van der Waals surface area contributed by atoms with Gasteiger partial charge in [-0.2, -0.15) is 0 Å². The normalized spacial score (nSPS) is 16.7. The van der Waals surface area contributed by atoms with Crippen LogP contribution in [-0.4, -0.2) is 16.0 Å². The molecule has 16 heavy (non-hydrogen) atoms. The highest BCUT2D eigenvalue weighted by Gasteiger charge is 2.21. The Morgan fingerprint density at radius 2 is 2.06 bits per heavy atom. The summed E-state index contributed by atoms with van der Waals surface area (Å²) in [6.07, 6.45) is 6.08. The van der Waals surface area contributed by atoms with Crippen LogP contribution in [0.15, 0.2) is 24.5 Å². The van der Waals surface area contributed by atoms with E-state index in [2.05, 4.69) is 11.9 Å². The van der Waals surface area contributed by atoms with Crippen LogP contribution in [0.5, 0.6) is 0 Å². The fourth-order valence-electron chi connectivity index (χ4n) is 1.91. The summed E-state index contributed by atoms with van der Waals surface area (Å²) >= 11 is 0. The number of aromatic nitrogens is 1. The van der Waals surface area contributed by atoms with Gasteiger partial charge in [0, 0.05) is 24.7 Å². The molecule has 0 fully saturated rings. The zero-order valence-corrected chi connectivity index (χ0v) is 10.9. The molecule has 2 atom stereocenters. The van der Waals surface area contributed by atoms with Gasteiger partial charge >= 0.3 is 0 Å². The van der Waals surface area contributed by atoms with Gasteiger partial charge in [0.15, 0.2) is 0 Å². The highest BCUT2D eigenvalue weighted by Crippen LogP contribution is 2.46. The second-order valence-electron chi connectivity index (χ2n) is 4.44. The summed E-state index contributed by atoms with van der Waals surface area (Å²) in [5.41, 5.74) is 0.893. The van der Waals surface area contributed by atoms with Crippen LogP contribution in [0.2, 0.25) is 0 Å². The van der Waals surface area contributed by atoms with Gasteiger partial charge in [-0.3, -0.25) is 9.55 Å². The van der Waals surface area contributed by atoms with Gasteiger partial charge in [0.05, 0.1) is 0 Å². The third-order valence-electron chi connectivity index (χ3n) is 2.56. The molecule has 4 heteroatoms. The van der Waals surface area contributed by atoms with Crippen LogP contribution in [0.3, 0.4) is 0 Å². The molecule has 0 radical (unpaired) electrons. The summed E-state index contributed by atoms with van der Waals surface area (Å²) in [6, 6.07) is 3.60. The van der Waals surface area contributed by atoms with Crippen molar-refractivity contribution in [2.75, 3.05) is 6.16 Å². The molecule has 1 aromatic rings. The molecule has 1 N–H and O–H groups in total. The molecule has 0 aliphatic heterocycles. The number of rotatable bonds is 6. The minimum absolute atomic E-state index is 0.267. The lowest BCUT2D eigenvalue weighted by atomic mass is 10.1. The third kappa shape index (κ3) is 4.91. The Kier molecular flexibility index (Phi) is 5.17. The quantitative estimate of drug-likeness (QED) is 0.777. The van der Waals surface area contributed by atoms with Gasteiger partial charge in [-0.15, -0.1) is 0 Å². The first-order chi connectivity index (χ1) is 7.53. The van der Waals surface area contributed by atoms with Gasteiger partial charge in [0.1, 0.15) is 0 Å². The Morgan fingerprint density at radius 3 is 2.62 bits per heavy atom. The van der Waals surface area contributed by atoms with Crippen molar-refractivity contribution in [3.63, 3.8) is 0 Å². The molecule has 0 amide bonds. The van der Waals surface area contributed by atoms with Crippen molar-refractivity contribution in [3.8, 4) is 0 Å². The van der Waals surface area contributed by atoms with Gasteiger partial charge in [0.25, 0.3) is 0 Å². The second kappa shape index (κ2) is 6.17. The molecule has 2 unspecified atom stereocenters. The van der Waals surface area contributed by atoms with Gasteiger partial charge < -0.3 is 4.89 Å². The average Bonchev–Trinajstić information content (AvgIpc) is 2.17. The van der Waals surface area contributed by atoms with Crippen molar-refractivity contribution in [3.05, 3.63) is 30.1 Å². The second-order valence-corrected chi connectivity index (χ2v) is 6.81. The summed E-state index contributed by atoms with van der Waals surface area (Å²) in [4.78, 5) is 13.8. The molecule has 1 heterocycles. The molecule has 1 aromatic heterocycles. The van der Waals surface area contributed by atoms with E-state index in [-0.39, 0.29) is 6.16 Å². The molecule has 0 bridgehead atoms. The number of hydrogen-bond acceptors (Lipinski definition) is 2.